The molecule has 17 heavy (non-hydrogen) atoms. The molecule has 0 unspecified atom stereocenters. The standard InChI is InChI=1S/C12H18N2O.C2H6/c1-10-2-3-11(12(13)8-10)9-14-4-6-15-7-5-14;1-2/h2-3,8H,4-7,9,13H2,1H3;1-2H3. The van der Waals surface area contributed by atoms with E-state index in [-0.39, 0.29) is 0 Å². The quantitative estimate of drug-likeness (QED) is 0.802. The summed E-state index contributed by atoms with van der Waals surface area (Å²) in [5.74, 6) is 0. The van der Waals surface area contributed by atoms with E-state index < -0.39 is 0 Å². The van der Waals surface area contributed by atoms with Crippen LogP contribution in [0.5, 0.6) is 0 Å². The highest BCUT2D eigenvalue weighted by Crippen LogP contribution is 2.16. The van der Waals surface area contributed by atoms with E-state index in [0.717, 1.165) is 38.5 Å². The SMILES string of the molecule is CC.Cc1ccc(CN2CCOCC2)c(N)c1. The molecule has 1 saturated heterocycles. The van der Waals surface area contributed by atoms with Gasteiger partial charge in [-0.2, -0.15) is 0 Å². The van der Waals surface area contributed by atoms with Gasteiger partial charge in [-0.3, -0.25) is 4.90 Å². The normalized spacial score (nSPS) is 16.2. The van der Waals surface area contributed by atoms with Gasteiger partial charge in [0, 0.05) is 25.3 Å². The van der Waals surface area contributed by atoms with Gasteiger partial charge in [0.05, 0.1) is 13.2 Å². The number of hydrogen-bond acceptors (Lipinski definition) is 3. The summed E-state index contributed by atoms with van der Waals surface area (Å²) in [6, 6.07) is 6.28. The van der Waals surface area contributed by atoms with Crippen molar-refractivity contribution >= 4 is 5.69 Å². The predicted octanol–water partition coefficient (Wildman–Crippen LogP) is 2.44. The first-order chi connectivity index (χ1) is 8.25. The van der Waals surface area contributed by atoms with Crippen LogP contribution in [0.3, 0.4) is 0 Å². The second-order valence-electron chi connectivity index (χ2n) is 4.09. The molecule has 96 valence electrons. The Morgan fingerprint density at radius 1 is 1.24 bits per heavy atom. The number of nitrogens with two attached hydrogens (primary N) is 1. The zero-order valence-electron chi connectivity index (χ0n) is 11.2. The zero-order chi connectivity index (χ0) is 12.7. The molecule has 3 heteroatoms. The second-order valence-corrected chi connectivity index (χ2v) is 4.09. The van der Waals surface area contributed by atoms with Crippen molar-refractivity contribution < 1.29 is 4.74 Å². The van der Waals surface area contributed by atoms with Crippen molar-refractivity contribution in [1.82, 2.24) is 4.90 Å². The first-order valence-corrected chi connectivity index (χ1v) is 6.41. The van der Waals surface area contributed by atoms with Gasteiger partial charge < -0.3 is 10.5 Å². The number of benzene rings is 1. The minimum atomic E-state index is 0.839. The summed E-state index contributed by atoms with van der Waals surface area (Å²) in [6.07, 6.45) is 0. The van der Waals surface area contributed by atoms with E-state index in [0.29, 0.717) is 0 Å². The Hall–Kier alpha value is -1.06. The fourth-order valence-electron chi connectivity index (χ4n) is 1.86. The number of ether oxygens (including phenoxy) is 1. The van der Waals surface area contributed by atoms with Crippen molar-refractivity contribution in [1.29, 1.82) is 0 Å². The summed E-state index contributed by atoms with van der Waals surface area (Å²) >= 11 is 0. The maximum Gasteiger partial charge on any atom is 0.0594 e. The summed E-state index contributed by atoms with van der Waals surface area (Å²) in [6.45, 7) is 10.7. The van der Waals surface area contributed by atoms with Crippen LogP contribution < -0.4 is 5.73 Å². The third-order valence-corrected chi connectivity index (χ3v) is 2.80. The maximum absolute atomic E-state index is 5.98. The Balaban J connectivity index is 0.000000686. The monoisotopic (exact) mass is 236 g/mol. The fourth-order valence-corrected chi connectivity index (χ4v) is 1.86. The van der Waals surface area contributed by atoms with E-state index in [9.17, 15) is 0 Å². The molecule has 0 amide bonds. The van der Waals surface area contributed by atoms with E-state index in [2.05, 4.69) is 24.0 Å². The van der Waals surface area contributed by atoms with Gasteiger partial charge in [0.15, 0.2) is 0 Å². The van der Waals surface area contributed by atoms with Crippen molar-refractivity contribution in [3.05, 3.63) is 29.3 Å². The summed E-state index contributed by atoms with van der Waals surface area (Å²) in [7, 11) is 0. The average Bonchev–Trinajstić information content (AvgIpc) is 2.37. The highest BCUT2D eigenvalue weighted by molar-refractivity contribution is 5.48. The molecule has 0 aromatic heterocycles. The molecule has 1 aliphatic rings. The largest absolute Gasteiger partial charge is 0.398 e. The molecular formula is C14H24N2O. The van der Waals surface area contributed by atoms with E-state index in [4.69, 9.17) is 10.5 Å². The highest BCUT2D eigenvalue weighted by Gasteiger charge is 2.11. The van der Waals surface area contributed by atoms with Crippen LogP contribution in [-0.2, 0) is 11.3 Å². The fraction of sp³-hybridized carbons (Fsp3) is 0.571. The Kier molecular flexibility index (Phi) is 6.01. The lowest BCUT2D eigenvalue weighted by Gasteiger charge is -2.27. The maximum atomic E-state index is 5.98. The number of morpholine rings is 1. The Bertz CT molecular complexity index is 333. The van der Waals surface area contributed by atoms with Gasteiger partial charge in [-0.15, -0.1) is 0 Å². The average molecular weight is 236 g/mol. The molecule has 3 nitrogen and oxygen atoms in total. The van der Waals surface area contributed by atoms with Crippen LogP contribution in [-0.4, -0.2) is 31.2 Å². The van der Waals surface area contributed by atoms with Crippen LogP contribution >= 0.6 is 0 Å². The van der Waals surface area contributed by atoms with E-state index in [1.54, 1.807) is 0 Å². The smallest absolute Gasteiger partial charge is 0.0594 e. The Morgan fingerprint density at radius 3 is 2.47 bits per heavy atom. The molecule has 2 rings (SSSR count). The number of rotatable bonds is 2. The summed E-state index contributed by atoms with van der Waals surface area (Å²) in [5.41, 5.74) is 9.33. The molecule has 1 aromatic rings. The third-order valence-electron chi connectivity index (χ3n) is 2.80. The van der Waals surface area contributed by atoms with Gasteiger partial charge in [0.25, 0.3) is 0 Å². The molecule has 1 aliphatic heterocycles. The predicted molar refractivity (Wildman–Crippen MR) is 73.0 cm³/mol. The molecule has 0 radical (unpaired) electrons. The molecule has 1 fully saturated rings. The Labute approximate surface area is 105 Å². The third kappa shape index (κ3) is 4.36. The lowest BCUT2D eigenvalue weighted by Crippen LogP contribution is -2.35. The second kappa shape index (κ2) is 7.30. The van der Waals surface area contributed by atoms with Crippen molar-refractivity contribution in [2.75, 3.05) is 32.0 Å². The van der Waals surface area contributed by atoms with Crippen LogP contribution in [0, 0.1) is 6.92 Å². The van der Waals surface area contributed by atoms with Gasteiger partial charge in [-0.1, -0.05) is 26.0 Å². The van der Waals surface area contributed by atoms with E-state index in [1.165, 1.54) is 11.1 Å². The van der Waals surface area contributed by atoms with Gasteiger partial charge >= 0.3 is 0 Å². The number of aryl methyl sites for hydroxylation is 1. The lowest BCUT2D eigenvalue weighted by atomic mass is 10.1. The van der Waals surface area contributed by atoms with Crippen LogP contribution in [0.2, 0.25) is 0 Å². The van der Waals surface area contributed by atoms with Gasteiger partial charge in [-0.05, 0) is 24.1 Å². The first-order valence-electron chi connectivity index (χ1n) is 6.41. The molecule has 0 aliphatic carbocycles. The van der Waals surface area contributed by atoms with Crippen LogP contribution in [0.25, 0.3) is 0 Å². The molecule has 2 N–H and O–H groups in total. The van der Waals surface area contributed by atoms with Crippen LogP contribution in [0.4, 0.5) is 5.69 Å². The van der Waals surface area contributed by atoms with Gasteiger partial charge in [-0.25, -0.2) is 0 Å². The van der Waals surface area contributed by atoms with E-state index in [1.807, 2.05) is 19.9 Å². The number of hydrogen-bond donors (Lipinski definition) is 1. The Morgan fingerprint density at radius 2 is 1.88 bits per heavy atom. The molecule has 0 bridgehead atoms. The summed E-state index contributed by atoms with van der Waals surface area (Å²) in [4.78, 5) is 2.38. The molecule has 1 heterocycles. The summed E-state index contributed by atoms with van der Waals surface area (Å²) in [5, 5.41) is 0. The van der Waals surface area contributed by atoms with Gasteiger partial charge in [0.1, 0.15) is 0 Å². The van der Waals surface area contributed by atoms with Crippen molar-refractivity contribution in [2.24, 2.45) is 0 Å². The lowest BCUT2D eigenvalue weighted by molar-refractivity contribution is 0.0343. The van der Waals surface area contributed by atoms with Crippen molar-refractivity contribution in [2.45, 2.75) is 27.3 Å². The summed E-state index contributed by atoms with van der Waals surface area (Å²) < 4.78 is 5.31. The molecule has 0 spiro atoms. The number of nitrogen functional groups attached to an aromatic ring is 1. The van der Waals surface area contributed by atoms with Crippen LogP contribution in [0.1, 0.15) is 25.0 Å². The zero-order valence-corrected chi connectivity index (χ0v) is 11.2. The number of nitrogens with zero attached hydrogens (tertiary/aromatic N) is 1. The van der Waals surface area contributed by atoms with Crippen molar-refractivity contribution in [3.8, 4) is 0 Å². The minimum Gasteiger partial charge on any atom is -0.398 e. The molecule has 0 atom stereocenters. The first kappa shape index (κ1) is 14.0. The van der Waals surface area contributed by atoms with Gasteiger partial charge in [0.2, 0.25) is 0 Å². The van der Waals surface area contributed by atoms with Crippen molar-refractivity contribution in [3.63, 3.8) is 0 Å². The molecular weight excluding hydrogens is 212 g/mol. The topological polar surface area (TPSA) is 38.5 Å². The van der Waals surface area contributed by atoms with Crippen LogP contribution in [0.15, 0.2) is 18.2 Å². The number of anilines is 1. The molecule has 1 aromatic carbocycles. The highest BCUT2D eigenvalue weighted by atomic mass is 16.5. The molecule has 0 saturated carbocycles. The minimum absolute atomic E-state index is 0.839. The van der Waals surface area contributed by atoms with E-state index >= 15 is 0 Å².